The van der Waals surface area contributed by atoms with Gasteiger partial charge in [-0.25, -0.2) is 4.39 Å². The van der Waals surface area contributed by atoms with Gasteiger partial charge in [0, 0.05) is 11.0 Å². The Morgan fingerprint density at radius 2 is 1.88 bits per heavy atom. The second-order valence-electron chi connectivity index (χ2n) is 4.74. The second-order valence-corrected chi connectivity index (χ2v) is 4.74. The van der Waals surface area contributed by atoms with E-state index in [1.54, 1.807) is 12.1 Å². The van der Waals surface area contributed by atoms with Crippen LogP contribution >= 0.6 is 0 Å². The average molecular weight is 233 g/mol. The lowest BCUT2D eigenvalue weighted by molar-refractivity contribution is -0.128. The molecule has 0 saturated carbocycles. The average Bonchev–Trinajstić information content (AvgIpc) is 2.25. The lowest BCUT2D eigenvalue weighted by Crippen LogP contribution is -2.34. The molecular formula is C14H16FNO. The molecule has 0 bridgehead atoms. The molecule has 3 heteroatoms. The maximum atomic E-state index is 12.6. The van der Waals surface area contributed by atoms with Crippen molar-refractivity contribution in [3.05, 3.63) is 35.6 Å². The second kappa shape index (κ2) is 5.49. The minimum Gasteiger partial charge on any atom is -0.345 e. The van der Waals surface area contributed by atoms with E-state index in [1.165, 1.54) is 12.1 Å². The van der Waals surface area contributed by atoms with E-state index >= 15 is 0 Å². The van der Waals surface area contributed by atoms with Crippen LogP contribution in [0, 0.1) is 23.1 Å². The Hall–Kier alpha value is -1.82. The van der Waals surface area contributed by atoms with Gasteiger partial charge in [-0.2, -0.15) is 0 Å². The maximum Gasteiger partial charge on any atom is 0.226 e. The molecule has 0 unspecified atom stereocenters. The van der Waals surface area contributed by atoms with Crippen LogP contribution in [0.5, 0.6) is 0 Å². The Morgan fingerprint density at radius 1 is 1.29 bits per heavy atom. The lowest BCUT2D eigenvalue weighted by atomic mass is 9.96. The molecule has 90 valence electrons. The van der Waals surface area contributed by atoms with Crippen molar-refractivity contribution in [2.24, 2.45) is 5.41 Å². The fourth-order valence-corrected chi connectivity index (χ4v) is 1.07. The zero-order chi connectivity index (χ0) is 12.9. The molecule has 2 nitrogen and oxygen atoms in total. The summed E-state index contributed by atoms with van der Waals surface area (Å²) in [4.78, 5) is 11.5. The number of carbonyl (C=O) groups excluding carboxylic acids is 1. The van der Waals surface area contributed by atoms with Gasteiger partial charge in [0.05, 0.1) is 6.54 Å². The molecule has 0 atom stereocenters. The Labute approximate surface area is 101 Å². The van der Waals surface area contributed by atoms with E-state index in [1.807, 2.05) is 20.8 Å². The van der Waals surface area contributed by atoms with Gasteiger partial charge >= 0.3 is 0 Å². The van der Waals surface area contributed by atoms with Crippen molar-refractivity contribution in [2.75, 3.05) is 6.54 Å². The van der Waals surface area contributed by atoms with Crippen molar-refractivity contribution in [1.82, 2.24) is 5.32 Å². The van der Waals surface area contributed by atoms with Gasteiger partial charge in [0.1, 0.15) is 5.82 Å². The molecule has 1 aromatic rings. The zero-order valence-corrected chi connectivity index (χ0v) is 10.3. The van der Waals surface area contributed by atoms with Crippen molar-refractivity contribution in [3.8, 4) is 11.8 Å². The van der Waals surface area contributed by atoms with Gasteiger partial charge in [-0.1, -0.05) is 32.6 Å². The van der Waals surface area contributed by atoms with Crippen molar-refractivity contribution >= 4 is 5.91 Å². The third-order valence-corrected chi connectivity index (χ3v) is 2.10. The predicted octanol–water partition coefficient (Wildman–Crippen LogP) is 2.34. The van der Waals surface area contributed by atoms with Gasteiger partial charge in [0.15, 0.2) is 0 Å². The number of hydrogen-bond acceptors (Lipinski definition) is 1. The maximum absolute atomic E-state index is 12.6. The summed E-state index contributed by atoms with van der Waals surface area (Å²) in [7, 11) is 0. The quantitative estimate of drug-likeness (QED) is 0.741. The van der Waals surface area contributed by atoms with Crippen LogP contribution in [-0.4, -0.2) is 12.5 Å². The molecule has 1 aromatic carbocycles. The molecule has 0 radical (unpaired) electrons. The number of benzene rings is 1. The van der Waals surface area contributed by atoms with Crippen LogP contribution in [0.1, 0.15) is 26.3 Å². The molecule has 1 rings (SSSR count). The molecule has 0 fully saturated rings. The van der Waals surface area contributed by atoms with E-state index in [0.717, 1.165) is 5.56 Å². The van der Waals surface area contributed by atoms with Gasteiger partial charge in [0.25, 0.3) is 0 Å². The van der Waals surface area contributed by atoms with Crippen LogP contribution in [0.15, 0.2) is 24.3 Å². The van der Waals surface area contributed by atoms with Crippen LogP contribution < -0.4 is 5.32 Å². The highest BCUT2D eigenvalue weighted by Gasteiger charge is 2.19. The third kappa shape index (κ3) is 4.69. The highest BCUT2D eigenvalue weighted by molar-refractivity contribution is 5.81. The van der Waals surface area contributed by atoms with E-state index in [-0.39, 0.29) is 11.7 Å². The van der Waals surface area contributed by atoms with Crippen LogP contribution in [-0.2, 0) is 4.79 Å². The summed E-state index contributed by atoms with van der Waals surface area (Å²) in [6, 6.07) is 5.93. The van der Waals surface area contributed by atoms with Gasteiger partial charge in [-0.3, -0.25) is 4.79 Å². The SMILES string of the molecule is CC(C)(C)C(=O)NCC#Cc1ccc(F)cc1. The Morgan fingerprint density at radius 3 is 2.41 bits per heavy atom. The third-order valence-electron chi connectivity index (χ3n) is 2.10. The minimum absolute atomic E-state index is 0.0362. The van der Waals surface area contributed by atoms with Gasteiger partial charge < -0.3 is 5.32 Å². The number of nitrogens with one attached hydrogen (secondary N) is 1. The molecule has 0 saturated heterocycles. The normalized spacial score (nSPS) is 10.4. The number of amides is 1. The summed E-state index contributed by atoms with van der Waals surface area (Å²) >= 11 is 0. The first-order valence-corrected chi connectivity index (χ1v) is 5.42. The first kappa shape index (κ1) is 13.2. The molecule has 17 heavy (non-hydrogen) atoms. The van der Waals surface area contributed by atoms with Gasteiger partial charge in [-0.05, 0) is 24.3 Å². The topological polar surface area (TPSA) is 29.1 Å². The van der Waals surface area contributed by atoms with Crippen LogP contribution in [0.4, 0.5) is 4.39 Å². The minimum atomic E-state index is -0.405. The fourth-order valence-electron chi connectivity index (χ4n) is 1.07. The van der Waals surface area contributed by atoms with E-state index in [0.29, 0.717) is 6.54 Å². The first-order chi connectivity index (χ1) is 7.89. The molecular weight excluding hydrogens is 217 g/mol. The summed E-state index contributed by atoms with van der Waals surface area (Å²) < 4.78 is 12.6. The summed E-state index contributed by atoms with van der Waals surface area (Å²) in [6.07, 6.45) is 0. The standard InChI is InChI=1S/C14H16FNO/c1-14(2,3)13(17)16-10-4-5-11-6-8-12(15)9-7-11/h6-9H,10H2,1-3H3,(H,16,17). The van der Waals surface area contributed by atoms with Crippen LogP contribution in [0.25, 0.3) is 0 Å². The smallest absolute Gasteiger partial charge is 0.226 e. The molecule has 0 aliphatic carbocycles. The molecule has 0 aliphatic heterocycles. The molecule has 0 aliphatic rings. The number of carbonyl (C=O) groups is 1. The van der Waals surface area contributed by atoms with Crippen molar-refractivity contribution in [3.63, 3.8) is 0 Å². The summed E-state index contributed by atoms with van der Waals surface area (Å²) in [5.74, 6) is 5.35. The summed E-state index contributed by atoms with van der Waals surface area (Å²) in [5.41, 5.74) is 0.328. The van der Waals surface area contributed by atoms with E-state index in [9.17, 15) is 9.18 Å². The summed E-state index contributed by atoms with van der Waals surface area (Å²) in [5, 5.41) is 2.72. The Balaban J connectivity index is 2.47. The summed E-state index contributed by atoms with van der Waals surface area (Å²) in [6.45, 7) is 5.83. The number of rotatable bonds is 1. The molecule has 1 N–H and O–H groups in total. The van der Waals surface area contributed by atoms with E-state index in [2.05, 4.69) is 17.2 Å². The molecule has 1 amide bonds. The molecule has 0 spiro atoms. The van der Waals surface area contributed by atoms with Crippen molar-refractivity contribution in [2.45, 2.75) is 20.8 Å². The van der Waals surface area contributed by atoms with Crippen molar-refractivity contribution < 1.29 is 9.18 Å². The monoisotopic (exact) mass is 233 g/mol. The van der Waals surface area contributed by atoms with Gasteiger partial charge in [0.2, 0.25) is 5.91 Å². The fraction of sp³-hybridized carbons (Fsp3) is 0.357. The Bertz CT molecular complexity index is 446. The Kier molecular flexibility index (Phi) is 4.28. The number of halogens is 1. The zero-order valence-electron chi connectivity index (χ0n) is 10.3. The predicted molar refractivity (Wildman–Crippen MR) is 65.7 cm³/mol. The largest absolute Gasteiger partial charge is 0.345 e. The van der Waals surface area contributed by atoms with Gasteiger partial charge in [-0.15, -0.1) is 0 Å². The lowest BCUT2D eigenvalue weighted by Gasteiger charge is -2.15. The van der Waals surface area contributed by atoms with Crippen molar-refractivity contribution in [1.29, 1.82) is 0 Å². The molecule has 0 aromatic heterocycles. The van der Waals surface area contributed by atoms with E-state index < -0.39 is 5.41 Å². The highest BCUT2D eigenvalue weighted by atomic mass is 19.1. The van der Waals surface area contributed by atoms with E-state index in [4.69, 9.17) is 0 Å². The molecule has 0 heterocycles. The number of hydrogen-bond donors (Lipinski definition) is 1. The highest BCUT2D eigenvalue weighted by Crippen LogP contribution is 2.11. The first-order valence-electron chi connectivity index (χ1n) is 5.42. The van der Waals surface area contributed by atoms with Crippen LogP contribution in [0.3, 0.4) is 0 Å². The van der Waals surface area contributed by atoms with Crippen LogP contribution in [0.2, 0.25) is 0 Å².